The number of rotatable bonds is 4. The fourth-order valence-corrected chi connectivity index (χ4v) is 4.21. The summed E-state index contributed by atoms with van der Waals surface area (Å²) in [6.07, 6.45) is 5.54. The van der Waals surface area contributed by atoms with Gasteiger partial charge in [-0.1, -0.05) is 11.6 Å². The molecule has 1 aromatic carbocycles. The predicted octanol–water partition coefficient (Wildman–Crippen LogP) is 4.41. The molecule has 4 heteroatoms. The molecule has 0 fully saturated rings. The Hall–Kier alpha value is -1.97. The van der Waals surface area contributed by atoms with Gasteiger partial charge in [0.1, 0.15) is 17.1 Å². The average molecular weight is 330 g/mol. The molecular formula is C20H26O4. The molecule has 1 aliphatic heterocycles. The summed E-state index contributed by atoms with van der Waals surface area (Å²) in [5.41, 5.74) is 2.95. The maximum Gasteiger partial charge on any atom is 0.303 e. The monoisotopic (exact) mass is 330 g/mol. The largest absolute Gasteiger partial charge is 0.508 e. The van der Waals surface area contributed by atoms with Gasteiger partial charge in [-0.2, -0.15) is 0 Å². The molecule has 0 unspecified atom stereocenters. The van der Waals surface area contributed by atoms with Crippen molar-refractivity contribution >= 4 is 5.97 Å². The predicted molar refractivity (Wildman–Crippen MR) is 92.6 cm³/mol. The lowest BCUT2D eigenvalue weighted by Crippen LogP contribution is -2.45. The highest BCUT2D eigenvalue weighted by molar-refractivity contribution is 5.66. The van der Waals surface area contributed by atoms with Crippen molar-refractivity contribution < 1.29 is 19.7 Å². The number of fused-ring (bicyclic) bond motifs is 3. The molecule has 3 rings (SSSR count). The van der Waals surface area contributed by atoms with Gasteiger partial charge in [-0.25, -0.2) is 0 Å². The van der Waals surface area contributed by atoms with Gasteiger partial charge in [-0.05, 0) is 64.2 Å². The van der Waals surface area contributed by atoms with E-state index in [0.717, 1.165) is 29.7 Å². The van der Waals surface area contributed by atoms with Crippen LogP contribution >= 0.6 is 0 Å². The highest BCUT2D eigenvalue weighted by atomic mass is 16.5. The zero-order valence-corrected chi connectivity index (χ0v) is 14.6. The number of phenols is 1. The van der Waals surface area contributed by atoms with E-state index >= 15 is 0 Å². The van der Waals surface area contributed by atoms with Gasteiger partial charge < -0.3 is 14.9 Å². The fourth-order valence-electron chi connectivity index (χ4n) is 4.21. The topological polar surface area (TPSA) is 66.8 Å². The van der Waals surface area contributed by atoms with E-state index < -0.39 is 5.97 Å². The number of aromatic hydroxyl groups is 1. The summed E-state index contributed by atoms with van der Waals surface area (Å²) < 4.78 is 6.27. The molecule has 2 aliphatic rings. The lowest BCUT2D eigenvalue weighted by Gasteiger charge is -2.47. The molecule has 1 heterocycles. The number of benzene rings is 1. The van der Waals surface area contributed by atoms with Crippen molar-refractivity contribution in [3.63, 3.8) is 0 Å². The van der Waals surface area contributed by atoms with E-state index in [1.807, 2.05) is 6.07 Å². The van der Waals surface area contributed by atoms with Crippen LogP contribution in [0.15, 0.2) is 23.8 Å². The van der Waals surface area contributed by atoms with Crippen molar-refractivity contribution in [2.45, 2.75) is 64.4 Å². The van der Waals surface area contributed by atoms with Gasteiger partial charge in [-0.3, -0.25) is 4.79 Å². The minimum atomic E-state index is -0.790. The quantitative estimate of drug-likeness (QED) is 0.803. The zero-order valence-electron chi connectivity index (χ0n) is 14.6. The number of allylic oxidation sites excluding steroid dienone is 2. The van der Waals surface area contributed by atoms with Gasteiger partial charge in [0.05, 0.1) is 0 Å². The van der Waals surface area contributed by atoms with E-state index in [2.05, 4.69) is 26.8 Å². The number of phenolic OH excluding ortho intramolecular Hbond substituents is 1. The third-order valence-corrected chi connectivity index (χ3v) is 5.42. The Morgan fingerprint density at radius 1 is 1.38 bits per heavy atom. The molecule has 130 valence electrons. The van der Waals surface area contributed by atoms with E-state index in [1.54, 1.807) is 6.07 Å². The van der Waals surface area contributed by atoms with Crippen LogP contribution in [0.2, 0.25) is 0 Å². The molecule has 0 saturated heterocycles. The Morgan fingerprint density at radius 3 is 2.83 bits per heavy atom. The van der Waals surface area contributed by atoms with Gasteiger partial charge in [0, 0.05) is 23.8 Å². The molecule has 0 saturated carbocycles. The highest BCUT2D eigenvalue weighted by Crippen LogP contribution is 2.54. The molecule has 0 aromatic heterocycles. The molecule has 0 amide bonds. The summed E-state index contributed by atoms with van der Waals surface area (Å²) in [7, 11) is 0. The van der Waals surface area contributed by atoms with E-state index in [1.165, 1.54) is 5.57 Å². The number of aryl methyl sites for hydroxylation is 1. The standard InChI is InChI=1S/C20H26O4/c1-12-7-8-15-14(9-12)19-16(21)10-13(5-4-6-18(22)23)11-17(19)24-20(15,2)3/h7,10-11,14-15,21H,4-6,8-9H2,1-3H3,(H,22,23)/t14-,15-/m1/s1. The molecule has 2 atom stereocenters. The summed E-state index contributed by atoms with van der Waals surface area (Å²) >= 11 is 0. The molecule has 0 spiro atoms. The number of ether oxygens (including phenoxy) is 1. The maximum atomic E-state index is 10.7. The van der Waals surface area contributed by atoms with Crippen LogP contribution in [-0.4, -0.2) is 21.8 Å². The second kappa shape index (κ2) is 6.15. The fraction of sp³-hybridized carbons (Fsp3) is 0.550. The Balaban J connectivity index is 1.93. The van der Waals surface area contributed by atoms with Gasteiger partial charge in [0.15, 0.2) is 0 Å². The number of carbonyl (C=O) groups is 1. The third-order valence-electron chi connectivity index (χ3n) is 5.42. The molecule has 1 aromatic rings. The van der Waals surface area contributed by atoms with E-state index in [-0.39, 0.29) is 23.7 Å². The SMILES string of the molecule is CC1=CC[C@@H]2[C@@H](C1)c1c(O)cc(CCCC(=O)O)cc1OC2(C)C. The number of hydrogen-bond donors (Lipinski definition) is 2. The van der Waals surface area contributed by atoms with Crippen LogP contribution in [-0.2, 0) is 11.2 Å². The van der Waals surface area contributed by atoms with Gasteiger partial charge >= 0.3 is 5.97 Å². The van der Waals surface area contributed by atoms with Crippen molar-refractivity contribution in [1.82, 2.24) is 0 Å². The summed E-state index contributed by atoms with van der Waals surface area (Å²) in [5, 5.41) is 19.4. The normalized spacial score (nSPS) is 24.4. The minimum Gasteiger partial charge on any atom is -0.508 e. The Morgan fingerprint density at radius 2 is 2.12 bits per heavy atom. The van der Waals surface area contributed by atoms with Gasteiger partial charge in [0.2, 0.25) is 0 Å². The van der Waals surface area contributed by atoms with E-state index in [9.17, 15) is 9.90 Å². The summed E-state index contributed by atoms with van der Waals surface area (Å²) in [6, 6.07) is 3.77. The number of carboxylic acid groups (broad SMARTS) is 1. The van der Waals surface area contributed by atoms with Gasteiger partial charge in [0.25, 0.3) is 0 Å². The smallest absolute Gasteiger partial charge is 0.303 e. The summed E-state index contributed by atoms with van der Waals surface area (Å²) in [6.45, 7) is 6.39. The van der Waals surface area contributed by atoms with Crippen molar-refractivity contribution in [3.8, 4) is 11.5 Å². The first-order valence-electron chi connectivity index (χ1n) is 8.70. The van der Waals surface area contributed by atoms with Crippen LogP contribution in [0.25, 0.3) is 0 Å². The molecule has 0 radical (unpaired) electrons. The minimum absolute atomic E-state index is 0.138. The molecule has 0 bridgehead atoms. The second-order valence-corrected chi connectivity index (χ2v) is 7.68. The zero-order chi connectivity index (χ0) is 17.5. The lowest BCUT2D eigenvalue weighted by molar-refractivity contribution is -0.137. The average Bonchev–Trinajstić information content (AvgIpc) is 2.45. The van der Waals surface area contributed by atoms with Crippen LogP contribution in [0, 0.1) is 5.92 Å². The first kappa shape index (κ1) is 16.9. The molecule has 4 nitrogen and oxygen atoms in total. The van der Waals surface area contributed by atoms with Crippen LogP contribution in [0.4, 0.5) is 0 Å². The van der Waals surface area contributed by atoms with Crippen LogP contribution in [0.5, 0.6) is 11.5 Å². The Labute approximate surface area is 143 Å². The van der Waals surface area contributed by atoms with Crippen molar-refractivity contribution in [2.75, 3.05) is 0 Å². The Bertz CT molecular complexity index is 687. The van der Waals surface area contributed by atoms with Crippen LogP contribution in [0.3, 0.4) is 0 Å². The van der Waals surface area contributed by atoms with Crippen molar-refractivity contribution in [3.05, 3.63) is 34.9 Å². The van der Waals surface area contributed by atoms with E-state index in [0.29, 0.717) is 18.8 Å². The number of hydrogen-bond acceptors (Lipinski definition) is 3. The van der Waals surface area contributed by atoms with Gasteiger partial charge in [-0.15, -0.1) is 0 Å². The second-order valence-electron chi connectivity index (χ2n) is 7.68. The highest BCUT2D eigenvalue weighted by Gasteiger charge is 2.45. The van der Waals surface area contributed by atoms with Crippen LogP contribution < -0.4 is 4.74 Å². The molecule has 1 aliphatic carbocycles. The molecule has 2 N–H and O–H groups in total. The Kier molecular flexibility index (Phi) is 4.33. The summed E-state index contributed by atoms with van der Waals surface area (Å²) in [5.74, 6) is 0.903. The van der Waals surface area contributed by atoms with Crippen molar-refractivity contribution in [1.29, 1.82) is 0 Å². The summed E-state index contributed by atoms with van der Waals surface area (Å²) in [4.78, 5) is 10.7. The molecule has 24 heavy (non-hydrogen) atoms. The maximum absolute atomic E-state index is 10.7. The van der Waals surface area contributed by atoms with E-state index in [4.69, 9.17) is 9.84 Å². The number of carboxylic acids is 1. The van der Waals surface area contributed by atoms with Crippen molar-refractivity contribution in [2.24, 2.45) is 5.92 Å². The third kappa shape index (κ3) is 3.14. The molecular weight excluding hydrogens is 304 g/mol. The first-order chi connectivity index (χ1) is 11.3. The number of aliphatic carboxylic acids is 1. The van der Waals surface area contributed by atoms with Crippen LogP contribution in [0.1, 0.15) is 63.5 Å². The lowest BCUT2D eigenvalue weighted by atomic mass is 9.67. The first-order valence-corrected chi connectivity index (χ1v) is 8.70.